The summed E-state index contributed by atoms with van der Waals surface area (Å²) in [5, 5.41) is 0. The van der Waals surface area contributed by atoms with Crippen LogP contribution in [0.5, 0.6) is 0 Å². The fourth-order valence-corrected chi connectivity index (χ4v) is 3.90. The van der Waals surface area contributed by atoms with Crippen molar-refractivity contribution in [2.24, 2.45) is 0 Å². The fourth-order valence-electron chi connectivity index (χ4n) is 3.90. The molecular weight excluding hydrogens is 336 g/mol. The van der Waals surface area contributed by atoms with Crippen LogP contribution in [0.25, 0.3) is 0 Å². The Hall–Kier alpha value is -2.08. The molecule has 150 valence electrons. The Kier molecular flexibility index (Phi) is 11.1. The van der Waals surface area contributed by atoms with Crippen LogP contribution in [0.15, 0.2) is 85.5 Å². The molecule has 2 rings (SSSR count). The molecule has 0 amide bonds. The van der Waals surface area contributed by atoms with Crippen molar-refractivity contribution < 1.29 is 0 Å². The smallest absolute Gasteiger partial charge is 0.00152 e. The lowest BCUT2D eigenvalue weighted by Gasteiger charge is -2.15. The Morgan fingerprint density at radius 3 is 2.07 bits per heavy atom. The van der Waals surface area contributed by atoms with Gasteiger partial charge in [0.2, 0.25) is 0 Å². The van der Waals surface area contributed by atoms with Crippen LogP contribution in [0.3, 0.4) is 0 Å². The second kappa shape index (κ2) is 14.0. The van der Waals surface area contributed by atoms with Crippen LogP contribution in [0.1, 0.15) is 87.7 Å². The van der Waals surface area contributed by atoms with Crippen LogP contribution in [-0.2, 0) is 0 Å². The van der Waals surface area contributed by atoms with Gasteiger partial charge < -0.3 is 0 Å². The first-order chi connectivity index (χ1) is 13.8. The number of unbranched alkanes of at least 4 members (excludes halogenated alkanes) is 4. The highest BCUT2D eigenvalue weighted by Crippen LogP contribution is 2.26. The summed E-state index contributed by atoms with van der Waals surface area (Å²) in [6, 6.07) is 21.8. The minimum atomic E-state index is 0.502. The van der Waals surface area contributed by atoms with Crippen LogP contribution in [0.2, 0.25) is 0 Å². The molecule has 0 N–H and O–H groups in total. The van der Waals surface area contributed by atoms with Gasteiger partial charge in [0.15, 0.2) is 0 Å². The first-order valence-electron chi connectivity index (χ1n) is 11.2. The van der Waals surface area contributed by atoms with Crippen LogP contribution >= 0.6 is 0 Å². The van der Waals surface area contributed by atoms with Crippen molar-refractivity contribution in [1.82, 2.24) is 0 Å². The zero-order chi connectivity index (χ0) is 19.9. The molecule has 0 saturated carbocycles. The molecule has 2 unspecified atom stereocenters. The van der Waals surface area contributed by atoms with Gasteiger partial charge in [0, 0.05) is 5.92 Å². The Morgan fingerprint density at radius 1 is 0.750 bits per heavy atom. The number of rotatable bonds is 14. The average Bonchev–Trinajstić information content (AvgIpc) is 2.76. The van der Waals surface area contributed by atoms with E-state index in [1.54, 1.807) is 0 Å². The molecule has 0 spiro atoms. The van der Waals surface area contributed by atoms with Gasteiger partial charge in [0.1, 0.15) is 0 Å². The third kappa shape index (κ3) is 8.30. The maximum atomic E-state index is 4.03. The molecule has 0 bridgehead atoms. The highest BCUT2D eigenvalue weighted by atomic mass is 14.1. The molecule has 2 aromatic rings. The molecule has 28 heavy (non-hydrogen) atoms. The van der Waals surface area contributed by atoms with Gasteiger partial charge in [0.05, 0.1) is 0 Å². The van der Waals surface area contributed by atoms with E-state index in [-0.39, 0.29) is 0 Å². The van der Waals surface area contributed by atoms with Crippen molar-refractivity contribution >= 4 is 0 Å². The lowest BCUT2D eigenvalue weighted by Crippen LogP contribution is -1.97. The predicted molar refractivity (Wildman–Crippen MR) is 125 cm³/mol. The summed E-state index contributed by atoms with van der Waals surface area (Å²) in [7, 11) is 0. The molecule has 2 aromatic carbocycles. The summed E-state index contributed by atoms with van der Waals surface area (Å²) in [6.07, 6.45) is 18.3. The van der Waals surface area contributed by atoms with Gasteiger partial charge in [-0.25, -0.2) is 0 Å². The quantitative estimate of drug-likeness (QED) is 0.229. The molecule has 0 aromatic heterocycles. The molecule has 0 saturated heterocycles. The van der Waals surface area contributed by atoms with Crippen LogP contribution < -0.4 is 0 Å². The van der Waals surface area contributed by atoms with E-state index in [1.807, 2.05) is 0 Å². The van der Waals surface area contributed by atoms with Crippen molar-refractivity contribution in [3.63, 3.8) is 0 Å². The van der Waals surface area contributed by atoms with Crippen LogP contribution in [0, 0.1) is 0 Å². The Bertz CT molecular complexity index is 653. The first kappa shape index (κ1) is 22.2. The second-order valence-corrected chi connectivity index (χ2v) is 7.85. The SMILES string of the molecule is C=CC(CCCCCC=CCC(CCCC)c1ccccc1)c1ccccc1. The summed E-state index contributed by atoms with van der Waals surface area (Å²) in [5.41, 5.74) is 2.90. The zero-order valence-electron chi connectivity index (χ0n) is 17.7. The lowest BCUT2D eigenvalue weighted by molar-refractivity contribution is 0.587. The maximum absolute atomic E-state index is 4.03. The van der Waals surface area contributed by atoms with Gasteiger partial charge in [0.25, 0.3) is 0 Å². The van der Waals surface area contributed by atoms with Crippen molar-refractivity contribution in [1.29, 1.82) is 0 Å². The van der Waals surface area contributed by atoms with Crippen molar-refractivity contribution in [3.05, 3.63) is 96.6 Å². The van der Waals surface area contributed by atoms with Gasteiger partial charge >= 0.3 is 0 Å². The molecule has 0 aliphatic rings. The molecule has 0 aliphatic carbocycles. The molecule has 0 radical (unpaired) electrons. The fraction of sp³-hybridized carbons (Fsp3) is 0.429. The predicted octanol–water partition coefficient (Wildman–Crippen LogP) is 8.83. The van der Waals surface area contributed by atoms with Gasteiger partial charge in [-0.3, -0.25) is 0 Å². The molecule has 0 heterocycles. The maximum Gasteiger partial charge on any atom is 0.00152 e. The Labute approximate surface area is 173 Å². The third-order valence-electron chi connectivity index (χ3n) is 5.66. The number of hydrogen-bond donors (Lipinski definition) is 0. The first-order valence-corrected chi connectivity index (χ1v) is 11.2. The number of hydrogen-bond acceptors (Lipinski definition) is 0. The van der Waals surface area contributed by atoms with Crippen LogP contribution in [-0.4, -0.2) is 0 Å². The van der Waals surface area contributed by atoms with E-state index in [0.29, 0.717) is 11.8 Å². The van der Waals surface area contributed by atoms with E-state index in [4.69, 9.17) is 0 Å². The number of benzene rings is 2. The zero-order valence-corrected chi connectivity index (χ0v) is 17.7. The van der Waals surface area contributed by atoms with Gasteiger partial charge in [-0.1, -0.05) is 111 Å². The van der Waals surface area contributed by atoms with Crippen molar-refractivity contribution in [2.45, 2.75) is 76.5 Å². The van der Waals surface area contributed by atoms with E-state index in [9.17, 15) is 0 Å². The van der Waals surface area contributed by atoms with Crippen LogP contribution in [0.4, 0.5) is 0 Å². The molecule has 0 fully saturated rings. The van der Waals surface area contributed by atoms with E-state index in [1.165, 1.54) is 68.9 Å². The largest absolute Gasteiger partial charge is 0.102 e. The third-order valence-corrected chi connectivity index (χ3v) is 5.66. The van der Waals surface area contributed by atoms with Crippen molar-refractivity contribution in [2.75, 3.05) is 0 Å². The molecular formula is C28H38. The topological polar surface area (TPSA) is 0 Å². The average molecular weight is 375 g/mol. The minimum absolute atomic E-state index is 0.502. The summed E-state index contributed by atoms with van der Waals surface area (Å²) in [4.78, 5) is 0. The monoisotopic (exact) mass is 374 g/mol. The lowest BCUT2D eigenvalue weighted by atomic mass is 9.90. The standard InChI is InChI=1S/C28H38/c1-3-5-18-27(28-23-16-11-17-24-28)22-13-9-7-6-8-12-19-25(4-2)26-20-14-10-15-21-26/h4,9-11,13-17,20-21,23-25,27H,2-3,5-8,12,18-19,22H2,1H3. The van der Waals surface area contributed by atoms with Gasteiger partial charge in [-0.2, -0.15) is 0 Å². The summed E-state index contributed by atoms with van der Waals surface area (Å²) in [6.45, 7) is 6.31. The molecule has 0 heteroatoms. The second-order valence-electron chi connectivity index (χ2n) is 7.85. The summed E-state index contributed by atoms with van der Waals surface area (Å²) in [5.74, 6) is 1.18. The van der Waals surface area contributed by atoms with Gasteiger partial charge in [-0.15, -0.1) is 6.58 Å². The van der Waals surface area contributed by atoms with E-state index in [0.717, 1.165) is 0 Å². The van der Waals surface area contributed by atoms with E-state index < -0.39 is 0 Å². The van der Waals surface area contributed by atoms with Crippen molar-refractivity contribution in [3.8, 4) is 0 Å². The van der Waals surface area contributed by atoms with E-state index >= 15 is 0 Å². The minimum Gasteiger partial charge on any atom is -0.102 e. The highest BCUT2D eigenvalue weighted by molar-refractivity contribution is 5.23. The highest BCUT2D eigenvalue weighted by Gasteiger charge is 2.09. The number of allylic oxidation sites excluding steroid dienone is 3. The summed E-state index contributed by atoms with van der Waals surface area (Å²) < 4.78 is 0. The normalized spacial score (nSPS) is 13.5. The Morgan fingerprint density at radius 2 is 1.43 bits per heavy atom. The molecule has 0 nitrogen and oxygen atoms in total. The molecule has 2 atom stereocenters. The summed E-state index contributed by atoms with van der Waals surface area (Å²) >= 11 is 0. The van der Waals surface area contributed by atoms with E-state index in [2.05, 4.69) is 92.4 Å². The van der Waals surface area contributed by atoms with Gasteiger partial charge in [-0.05, 0) is 49.1 Å². The molecule has 0 aliphatic heterocycles. The Balaban J connectivity index is 1.65.